The van der Waals surface area contributed by atoms with Crippen LogP contribution in [0.25, 0.3) is 0 Å². The summed E-state index contributed by atoms with van der Waals surface area (Å²) in [6, 6.07) is 1.79. The minimum absolute atomic E-state index is 0.124. The lowest BCUT2D eigenvalue weighted by molar-refractivity contribution is 0.452. The van der Waals surface area contributed by atoms with Crippen molar-refractivity contribution in [1.82, 2.24) is 9.97 Å². The first kappa shape index (κ1) is 14.5. The molecular formula is C12H18ClN3O2S. The molecule has 1 aliphatic rings. The standard InChI is InChI=1S/C12H18ClN3O2S/c1-8-14-11(13)7-12(15-8)16-9-4-3-5-10(6-9)19(2,17)18/h7,9-10H,3-6H2,1-2H3,(H,14,15,16). The molecule has 1 fully saturated rings. The largest absolute Gasteiger partial charge is 0.367 e. The summed E-state index contributed by atoms with van der Waals surface area (Å²) in [6.07, 6.45) is 4.55. The highest BCUT2D eigenvalue weighted by Gasteiger charge is 2.28. The fourth-order valence-electron chi connectivity index (χ4n) is 2.48. The molecule has 106 valence electrons. The first-order chi connectivity index (χ1) is 8.84. The molecule has 1 heterocycles. The van der Waals surface area contributed by atoms with Crippen LogP contribution in [0.5, 0.6) is 0 Å². The number of rotatable bonds is 3. The summed E-state index contributed by atoms with van der Waals surface area (Å²) < 4.78 is 23.2. The first-order valence-electron chi connectivity index (χ1n) is 6.31. The molecule has 0 aliphatic heterocycles. The topological polar surface area (TPSA) is 72.0 Å². The second kappa shape index (κ2) is 5.63. The summed E-state index contributed by atoms with van der Waals surface area (Å²) in [5.41, 5.74) is 0. The van der Waals surface area contributed by atoms with Crippen LogP contribution in [0.3, 0.4) is 0 Å². The number of nitrogens with zero attached hydrogens (tertiary/aromatic N) is 2. The van der Waals surface area contributed by atoms with Crippen LogP contribution in [0.1, 0.15) is 31.5 Å². The zero-order valence-corrected chi connectivity index (χ0v) is 12.6. The third-order valence-electron chi connectivity index (χ3n) is 3.39. The van der Waals surface area contributed by atoms with Crippen molar-refractivity contribution in [1.29, 1.82) is 0 Å². The average Bonchev–Trinajstić information content (AvgIpc) is 2.26. The highest BCUT2D eigenvalue weighted by atomic mass is 35.5. The molecule has 19 heavy (non-hydrogen) atoms. The number of sulfone groups is 1. The number of hydrogen-bond donors (Lipinski definition) is 1. The Balaban J connectivity index is 2.06. The molecule has 2 unspecified atom stereocenters. The molecule has 1 aliphatic carbocycles. The SMILES string of the molecule is Cc1nc(Cl)cc(NC2CCCC(S(C)(=O)=O)C2)n1. The minimum atomic E-state index is -2.97. The predicted molar refractivity (Wildman–Crippen MR) is 76.3 cm³/mol. The van der Waals surface area contributed by atoms with Crippen LogP contribution in [0, 0.1) is 6.92 Å². The van der Waals surface area contributed by atoms with Gasteiger partial charge in [0.05, 0.1) is 5.25 Å². The van der Waals surface area contributed by atoms with Gasteiger partial charge < -0.3 is 5.32 Å². The molecule has 0 saturated heterocycles. The lowest BCUT2D eigenvalue weighted by atomic mass is 9.95. The number of anilines is 1. The van der Waals surface area contributed by atoms with Crippen molar-refractivity contribution in [2.75, 3.05) is 11.6 Å². The van der Waals surface area contributed by atoms with Crippen LogP contribution in [0.4, 0.5) is 5.82 Å². The van der Waals surface area contributed by atoms with Gasteiger partial charge >= 0.3 is 0 Å². The van der Waals surface area contributed by atoms with Gasteiger partial charge in [-0.1, -0.05) is 18.0 Å². The molecule has 2 rings (SSSR count). The van der Waals surface area contributed by atoms with E-state index in [1.165, 1.54) is 6.26 Å². The van der Waals surface area contributed by atoms with Crippen molar-refractivity contribution in [2.24, 2.45) is 0 Å². The Morgan fingerprint density at radius 3 is 2.74 bits per heavy atom. The van der Waals surface area contributed by atoms with Crippen LogP contribution in [0.2, 0.25) is 5.15 Å². The van der Waals surface area contributed by atoms with Gasteiger partial charge in [-0.25, -0.2) is 18.4 Å². The summed E-state index contributed by atoms with van der Waals surface area (Å²) in [5.74, 6) is 1.27. The molecule has 0 radical (unpaired) electrons. The van der Waals surface area contributed by atoms with Crippen molar-refractivity contribution in [3.05, 3.63) is 17.0 Å². The Morgan fingerprint density at radius 1 is 1.37 bits per heavy atom. The summed E-state index contributed by atoms with van der Waals surface area (Å²) in [5, 5.41) is 3.41. The summed E-state index contributed by atoms with van der Waals surface area (Å²) in [6.45, 7) is 1.78. The highest BCUT2D eigenvalue weighted by molar-refractivity contribution is 7.91. The molecule has 1 aromatic heterocycles. The summed E-state index contributed by atoms with van der Waals surface area (Å²) >= 11 is 5.88. The highest BCUT2D eigenvalue weighted by Crippen LogP contribution is 2.26. The first-order valence-corrected chi connectivity index (χ1v) is 8.64. The van der Waals surface area contributed by atoms with Gasteiger partial charge in [0.25, 0.3) is 0 Å². The van der Waals surface area contributed by atoms with E-state index in [0.717, 1.165) is 19.3 Å². The van der Waals surface area contributed by atoms with E-state index in [-0.39, 0.29) is 11.3 Å². The van der Waals surface area contributed by atoms with E-state index in [9.17, 15) is 8.42 Å². The van der Waals surface area contributed by atoms with Crippen LogP contribution in [-0.2, 0) is 9.84 Å². The van der Waals surface area contributed by atoms with Crippen LogP contribution in [0.15, 0.2) is 6.07 Å². The molecule has 0 amide bonds. The normalized spacial score (nSPS) is 24.2. The third kappa shape index (κ3) is 4.04. The van der Waals surface area contributed by atoms with Crippen molar-refractivity contribution in [3.63, 3.8) is 0 Å². The summed E-state index contributed by atoms with van der Waals surface area (Å²) in [7, 11) is -2.97. The fraction of sp³-hybridized carbons (Fsp3) is 0.667. The van der Waals surface area contributed by atoms with Gasteiger partial charge in [0, 0.05) is 18.4 Å². The second-order valence-electron chi connectivity index (χ2n) is 5.08. The predicted octanol–water partition coefficient (Wildman–Crippen LogP) is 2.21. The molecule has 2 atom stereocenters. The Bertz CT molecular complexity index is 542. The molecule has 1 aromatic rings. The molecule has 7 heteroatoms. The van der Waals surface area contributed by atoms with E-state index in [1.54, 1.807) is 13.0 Å². The van der Waals surface area contributed by atoms with Crippen LogP contribution in [-0.4, -0.2) is 35.9 Å². The zero-order chi connectivity index (χ0) is 14.0. The van der Waals surface area contributed by atoms with Gasteiger partial charge in [0.1, 0.15) is 26.6 Å². The smallest absolute Gasteiger partial charge is 0.150 e. The number of halogens is 1. The Morgan fingerprint density at radius 2 is 2.11 bits per heavy atom. The molecule has 1 saturated carbocycles. The van der Waals surface area contributed by atoms with Crippen molar-refractivity contribution >= 4 is 27.3 Å². The van der Waals surface area contributed by atoms with Gasteiger partial charge in [0.15, 0.2) is 0 Å². The average molecular weight is 304 g/mol. The van der Waals surface area contributed by atoms with E-state index >= 15 is 0 Å². The van der Waals surface area contributed by atoms with E-state index in [1.807, 2.05) is 0 Å². The number of aryl methyl sites for hydroxylation is 1. The maximum Gasteiger partial charge on any atom is 0.150 e. The maximum absolute atomic E-state index is 11.6. The Hall–Kier alpha value is -0.880. The monoisotopic (exact) mass is 303 g/mol. The van der Waals surface area contributed by atoms with Crippen molar-refractivity contribution < 1.29 is 8.42 Å². The minimum Gasteiger partial charge on any atom is -0.367 e. The van der Waals surface area contributed by atoms with Crippen molar-refractivity contribution in [2.45, 2.75) is 43.9 Å². The van der Waals surface area contributed by atoms with Crippen LogP contribution < -0.4 is 5.32 Å². The maximum atomic E-state index is 11.6. The lowest BCUT2D eigenvalue weighted by Gasteiger charge is -2.29. The molecular weight excluding hydrogens is 286 g/mol. The summed E-state index contributed by atoms with van der Waals surface area (Å²) in [4.78, 5) is 8.26. The lowest BCUT2D eigenvalue weighted by Crippen LogP contribution is -2.34. The van der Waals surface area contributed by atoms with Gasteiger partial charge in [0.2, 0.25) is 0 Å². The van der Waals surface area contributed by atoms with E-state index in [2.05, 4.69) is 15.3 Å². The zero-order valence-electron chi connectivity index (χ0n) is 11.1. The van der Waals surface area contributed by atoms with Gasteiger partial charge in [-0.2, -0.15) is 0 Å². The van der Waals surface area contributed by atoms with E-state index < -0.39 is 9.84 Å². The molecule has 1 N–H and O–H groups in total. The quantitative estimate of drug-likeness (QED) is 0.867. The van der Waals surface area contributed by atoms with Crippen molar-refractivity contribution in [3.8, 4) is 0 Å². The molecule has 5 nitrogen and oxygen atoms in total. The molecule has 0 bridgehead atoms. The van der Waals surface area contributed by atoms with Gasteiger partial charge in [-0.3, -0.25) is 0 Å². The van der Waals surface area contributed by atoms with Gasteiger partial charge in [-0.05, 0) is 26.2 Å². The Labute approximate surface area is 118 Å². The number of nitrogens with one attached hydrogen (secondary N) is 1. The third-order valence-corrected chi connectivity index (χ3v) is 5.22. The fourth-order valence-corrected chi connectivity index (χ4v) is 3.88. The number of hydrogen-bond acceptors (Lipinski definition) is 5. The number of aromatic nitrogens is 2. The Kier molecular flexibility index (Phi) is 4.30. The molecule has 0 spiro atoms. The second-order valence-corrected chi connectivity index (χ2v) is 7.80. The van der Waals surface area contributed by atoms with E-state index in [4.69, 9.17) is 11.6 Å². The van der Waals surface area contributed by atoms with Gasteiger partial charge in [-0.15, -0.1) is 0 Å². The van der Waals surface area contributed by atoms with Crippen LogP contribution >= 0.6 is 11.6 Å². The molecule has 0 aromatic carbocycles. The van der Waals surface area contributed by atoms with E-state index in [0.29, 0.717) is 23.2 Å².